The molecule has 158 valence electrons. The molecule has 2 heterocycles. The van der Waals surface area contributed by atoms with Crippen molar-refractivity contribution in [1.82, 2.24) is 4.98 Å². The molecule has 1 unspecified atom stereocenters. The number of aryl methyl sites for hydroxylation is 1. The van der Waals surface area contributed by atoms with Gasteiger partial charge in [-0.1, -0.05) is 0 Å². The molecule has 1 aromatic carbocycles. The molecule has 1 atom stereocenters. The number of pyridine rings is 1. The zero-order valence-electron chi connectivity index (χ0n) is 16.5. The van der Waals surface area contributed by atoms with E-state index in [4.69, 9.17) is 10.5 Å². The van der Waals surface area contributed by atoms with Crippen LogP contribution < -0.4 is 15.9 Å². The van der Waals surface area contributed by atoms with E-state index in [1.807, 2.05) is 6.07 Å². The minimum atomic E-state index is -1.23. The molecule has 0 amide bonds. The number of aromatic amines is 1. The number of carboxylic acids is 1. The normalized spacial score (nSPS) is 18.0. The SMILES string of the molecule is COc1c(-c2cc3c(s2)CCC(N)C3)c(C2CC2)cc2c(=O)c(C(=O)O)c[nH]c12.Cl. The first-order valence-corrected chi connectivity index (χ1v) is 10.7. The standard InChI is InChI=1S/C22H22N2O4S.ClH/c1-28-21-18(17-7-11-6-12(23)4-5-16(11)29-17)13(10-2-3-10)8-14-19(21)24-9-15(20(14)25)22(26)27;/h7-10,12H,2-6,23H2,1H3,(H,24,25)(H,26,27);1H. The van der Waals surface area contributed by atoms with Crippen molar-refractivity contribution in [2.24, 2.45) is 5.73 Å². The largest absolute Gasteiger partial charge is 0.494 e. The molecule has 6 nitrogen and oxygen atoms in total. The maximum Gasteiger partial charge on any atom is 0.341 e. The van der Waals surface area contributed by atoms with E-state index in [1.165, 1.54) is 16.6 Å². The first kappa shape index (κ1) is 20.9. The van der Waals surface area contributed by atoms with Crippen LogP contribution in [0.1, 0.15) is 51.5 Å². The van der Waals surface area contributed by atoms with E-state index in [0.717, 1.165) is 48.1 Å². The van der Waals surface area contributed by atoms with Crippen LogP contribution in [-0.2, 0) is 12.8 Å². The van der Waals surface area contributed by atoms with Crippen molar-refractivity contribution in [2.75, 3.05) is 7.11 Å². The summed E-state index contributed by atoms with van der Waals surface area (Å²) in [5.41, 5.74) is 9.38. The van der Waals surface area contributed by atoms with Crippen LogP contribution in [0.3, 0.4) is 0 Å². The van der Waals surface area contributed by atoms with Gasteiger partial charge in [0.2, 0.25) is 5.43 Å². The van der Waals surface area contributed by atoms with Crippen LogP contribution in [0.2, 0.25) is 0 Å². The number of fused-ring (bicyclic) bond motifs is 2. The van der Waals surface area contributed by atoms with Crippen LogP contribution in [0, 0.1) is 0 Å². The van der Waals surface area contributed by atoms with E-state index in [-0.39, 0.29) is 24.0 Å². The van der Waals surface area contributed by atoms with Gasteiger partial charge in [0.15, 0.2) is 5.75 Å². The van der Waals surface area contributed by atoms with Crippen molar-refractivity contribution in [1.29, 1.82) is 0 Å². The molecule has 2 aliphatic rings. The average Bonchev–Trinajstić information content (AvgIpc) is 3.46. The highest BCUT2D eigenvalue weighted by Gasteiger charge is 2.32. The lowest BCUT2D eigenvalue weighted by Gasteiger charge is -2.17. The molecular weight excluding hydrogens is 424 g/mol. The van der Waals surface area contributed by atoms with Crippen LogP contribution in [0.15, 0.2) is 23.1 Å². The third-order valence-electron chi connectivity index (χ3n) is 5.98. The molecule has 0 radical (unpaired) electrons. The number of nitrogens with two attached hydrogens (primary N) is 1. The molecule has 2 aliphatic carbocycles. The van der Waals surface area contributed by atoms with Gasteiger partial charge in [0.05, 0.1) is 18.0 Å². The Morgan fingerprint density at radius 1 is 1.30 bits per heavy atom. The Morgan fingerprint density at radius 2 is 2.07 bits per heavy atom. The number of carbonyl (C=O) groups is 1. The van der Waals surface area contributed by atoms with Crippen LogP contribution in [0.5, 0.6) is 5.75 Å². The van der Waals surface area contributed by atoms with Crippen molar-refractivity contribution >= 4 is 40.6 Å². The quantitative estimate of drug-likeness (QED) is 0.560. The van der Waals surface area contributed by atoms with E-state index < -0.39 is 11.4 Å². The van der Waals surface area contributed by atoms with Crippen molar-refractivity contribution in [3.8, 4) is 16.2 Å². The van der Waals surface area contributed by atoms with Crippen molar-refractivity contribution in [3.05, 3.63) is 50.1 Å². The highest BCUT2D eigenvalue weighted by molar-refractivity contribution is 7.15. The van der Waals surface area contributed by atoms with Gasteiger partial charge >= 0.3 is 5.97 Å². The van der Waals surface area contributed by atoms with Gasteiger partial charge in [0.25, 0.3) is 0 Å². The number of thiophene rings is 1. The molecule has 8 heteroatoms. The zero-order valence-corrected chi connectivity index (χ0v) is 18.1. The summed E-state index contributed by atoms with van der Waals surface area (Å²) in [6.07, 6.45) is 6.27. The second kappa shape index (κ2) is 7.72. The third kappa shape index (κ3) is 3.31. The number of carboxylic acid groups (broad SMARTS) is 1. The second-order valence-corrected chi connectivity index (χ2v) is 9.11. The maximum absolute atomic E-state index is 12.8. The lowest BCUT2D eigenvalue weighted by atomic mass is 9.93. The first-order chi connectivity index (χ1) is 14.0. The Morgan fingerprint density at radius 3 is 2.73 bits per heavy atom. The molecule has 0 aliphatic heterocycles. The molecule has 5 rings (SSSR count). The predicted molar refractivity (Wildman–Crippen MR) is 121 cm³/mol. The Labute approximate surface area is 183 Å². The number of hydrogen-bond donors (Lipinski definition) is 3. The number of ether oxygens (including phenoxy) is 1. The average molecular weight is 447 g/mol. The third-order valence-corrected chi connectivity index (χ3v) is 7.24. The molecule has 0 saturated heterocycles. The van der Waals surface area contributed by atoms with Gasteiger partial charge in [-0.05, 0) is 61.3 Å². The Kier molecular flexibility index (Phi) is 5.38. The van der Waals surface area contributed by atoms with Crippen LogP contribution in [0.25, 0.3) is 21.3 Å². The molecular formula is C22H23ClN2O4S. The second-order valence-electron chi connectivity index (χ2n) is 7.97. The summed E-state index contributed by atoms with van der Waals surface area (Å²) in [6, 6.07) is 4.30. The molecule has 30 heavy (non-hydrogen) atoms. The lowest BCUT2D eigenvalue weighted by molar-refractivity contribution is 0.0695. The molecule has 0 bridgehead atoms. The summed E-state index contributed by atoms with van der Waals surface area (Å²) in [7, 11) is 1.60. The van der Waals surface area contributed by atoms with Gasteiger partial charge in [0.1, 0.15) is 5.56 Å². The van der Waals surface area contributed by atoms with Crippen molar-refractivity contribution < 1.29 is 14.6 Å². The number of hydrogen-bond acceptors (Lipinski definition) is 5. The fraction of sp³-hybridized carbons (Fsp3) is 0.364. The van der Waals surface area contributed by atoms with Gasteiger partial charge < -0.3 is 20.6 Å². The van der Waals surface area contributed by atoms with Crippen LogP contribution in [0.4, 0.5) is 0 Å². The molecule has 1 saturated carbocycles. The number of halogens is 1. The molecule has 3 aromatic rings. The Bertz CT molecular complexity index is 1210. The molecule has 2 aromatic heterocycles. The fourth-order valence-electron chi connectivity index (χ4n) is 4.36. The molecule has 1 fully saturated rings. The maximum atomic E-state index is 12.8. The van der Waals surface area contributed by atoms with E-state index >= 15 is 0 Å². The van der Waals surface area contributed by atoms with Gasteiger partial charge in [-0.25, -0.2) is 4.79 Å². The Balaban J connectivity index is 0.00000218. The lowest BCUT2D eigenvalue weighted by Crippen LogP contribution is -2.26. The minimum absolute atomic E-state index is 0. The smallest absolute Gasteiger partial charge is 0.341 e. The van der Waals surface area contributed by atoms with E-state index in [9.17, 15) is 14.7 Å². The van der Waals surface area contributed by atoms with E-state index in [1.54, 1.807) is 18.4 Å². The van der Waals surface area contributed by atoms with Crippen LogP contribution in [-0.4, -0.2) is 29.2 Å². The highest BCUT2D eigenvalue weighted by atomic mass is 35.5. The topological polar surface area (TPSA) is 105 Å². The number of aromatic carboxylic acids is 1. The summed E-state index contributed by atoms with van der Waals surface area (Å²) >= 11 is 1.78. The predicted octanol–water partition coefficient (Wildman–Crippen LogP) is 4.08. The number of H-pyrrole nitrogens is 1. The number of benzene rings is 1. The summed E-state index contributed by atoms with van der Waals surface area (Å²) in [5, 5.41) is 9.70. The number of methoxy groups -OCH3 is 1. The number of rotatable bonds is 4. The van der Waals surface area contributed by atoms with Gasteiger partial charge in [0, 0.05) is 27.6 Å². The highest BCUT2D eigenvalue weighted by Crippen LogP contribution is 2.51. The van der Waals surface area contributed by atoms with Gasteiger partial charge in [-0.3, -0.25) is 4.79 Å². The monoisotopic (exact) mass is 446 g/mol. The number of aromatic nitrogens is 1. The fourth-order valence-corrected chi connectivity index (χ4v) is 5.64. The van der Waals surface area contributed by atoms with Crippen LogP contribution >= 0.6 is 23.7 Å². The van der Waals surface area contributed by atoms with Gasteiger partial charge in [-0.15, -0.1) is 23.7 Å². The molecule has 0 spiro atoms. The zero-order chi connectivity index (χ0) is 20.3. The minimum Gasteiger partial charge on any atom is -0.494 e. The van der Waals surface area contributed by atoms with Gasteiger partial charge in [-0.2, -0.15) is 0 Å². The van der Waals surface area contributed by atoms with Crippen molar-refractivity contribution in [3.63, 3.8) is 0 Å². The van der Waals surface area contributed by atoms with E-state index in [2.05, 4.69) is 11.1 Å². The summed E-state index contributed by atoms with van der Waals surface area (Å²) in [4.78, 5) is 29.7. The molecule has 4 N–H and O–H groups in total. The Hall–Kier alpha value is -2.35. The summed E-state index contributed by atoms with van der Waals surface area (Å²) < 4.78 is 5.80. The summed E-state index contributed by atoms with van der Waals surface area (Å²) in [6.45, 7) is 0. The first-order valence-electron chi connectivity index (χ1n) is 9.85. The van der Waals surface area contributed by atoms with Crippen molar-refractivity contribution in [2.45, 2.75) is 44.1 Å². The summed E-state index contributed by atoms with van der Waals surface area (Å²) in [5.74, 6) is -0.245. The number of nitrogens with one attached hydrogen (secondary N) is 1. The van der Waals surface area contributed by atoms with E-state index in [0.29, 0.717) is 22.6 Å².